The number of fused-ring (bicyclic) bond motifs is 2. The number of rotatable bonds is 3. The van der Waals surface area contributed by atoms with E-state index in [0.29, 0.717) is 19.5 Å². The van der Waals surface area contributed by atoms with Gasteiger partial charge >= 0.3 is 0 Å². The third-order valence-corrected chi connectivity index (χ3v) is 3.94. The van der Waals surface area contributed by atoms with Gasteiger partial charge in [0.05, 0.1) is 12.2 Å². The van der Waals surface area contributed by atoms with Crippen LogP contribution in [0.5, 0.6) is 0 Å². The highest BCUT2D eigenvalue weighted by molar-refractivity contribution is 5.97. The van der Waals surface area contributed by atoms with Gasteiger partial charge in [-0.25, -0.2) is 0 Å². The average Bonchev–Trinajstić information content (AvgIpc) is 2.55. The minimum absolute atomic E-state index is 0.145. The van der Waals surface area contributed by atoms with Gasteiger partial charge in [0.2, 0.25) is 5.91 Å². The molecule has 1 N–H and O–H groups in total. The van der Waals surface area contributed by atoms with Gasteiger partial charge in [-0.3, -0.25) is 4.79 Å². The highest BCUT2D eigenvalue weighted by Gasteiger charge is 2.20. The Hall–Kier alpha value is -2.39. The first-order chi connectivity index (χ1) is 10.8. The number of benzene rings is 2. The molecule has 0 radical (unpaired) electrons. The minimum Gasteiger partial charge on any atom is -0.319 e. The molecule has 22 heavy (non-hydrogen) atoms. The van der Waals surface area contributed by atoms with Crippen LogP contribution in [-0.4, -0.2) is 19.5 Å². The van der Waals surface area contributed by atoms with Crippen LogP contribution >= 0.6 is 0 Å². The number of amides is 1. The second-order valence-electron chi connectivity index (χ2n) is 5.42. The molecular weight excluding hydrogens is 272 g/mol. The van der Waals surface area contributed by atoms with Gasteiger partial charge in [-0.1, -0.05) is 54.6 Å². The molecule has 1 aliphatic rings. The maximum Gasteiger partial charge on any atom is 0.228 e. The Balaban J connectivity index is 2.05. The third-order valence-electron chi connectivity index (χ3n) is 3.94. The van der Waals surface area contributed by atoms with E-state index in [-0.39, 0.29) is 5.91 Å². The maximum atomic E-state index is 12.7. The molecular formula is C19H20N2O. The Bertz CT molecular complexity index is 706. The van der Waals surface area contributed by atoms with Crippen molar-refractivity contribution < 1.29 is 4.79 Å². The molecule has 1 heterocycles. The molecule has 0 saturated carbocycles. The van der Waals surface area contributed by atoms with Gasteiger partial charge in [0.15, 0.2) is 0 Å². The summed E-state index contributed by atoms with van der Waals surface area (Å²) in [6.45, 7) is 1.30. The van der Waals surface area contributed by atoms with Crippen LogP contribution in [0.1, 0.15) is 23.1 Å². The van der Waals surface area contributed by atoms with Crippen molar-refractivity contribution in [3.05, 3.63) is 65.2 Å². The van der Waals surface area contributed by atoms with Crippen LogP contribution in [-0.2, 0) is 11.3 Å². The number of hydrogen-bond donors (Lipinski definition) is 1. The van der Waals surface area contributed by atoms with Crippen molar-refractivity contribution in [2.75, 3.05) is 18.5 Å². The predicted molar refractivity (Wildman–Crippen MR) is 91.5 cm³/mol. The van der Waals surface area contributed by atoms with Gasteiger partial charge in [0, 0.05) is 13.0 Å². The number of hydrogen-bond acceptors (Lipinski definition) is 2. The van der Waals surface area contributed by atoms with Crippen molar-refractivity contribution in [3.8, 4) is 0 Å². The van der Waals surface area contributed by atoms with Gasteiger partial charge in [-0.15, -0.1) is 0 Å². The van der Waals surface area contributed by atoms with Crippen LogP contribution in [0.2, 0.25) is 0 Å². The second-order valence-corrected chi connectivity index (χ2v) is 5.42. The van der Waals surface area contributed by atoms with E-state index in [1.165, 1.54) is 11.1 Å². The maximum absolute atomic E-state index is 12.7. The van der Waals surface area contributed by atoms with Crippen LogP contribution in [0.15, 0.2) is 48.5 Å². The first-order valence-electron chi connectivity index (χ1n) is 7.59. The summed E-state index contributed by atoms with van der Waals surface area (Å²) >= 11 is 0. The standard InChI is InChI=1S/C19H20N2O/c1-20-13-12-19(22)21-14-17-8-3-2-6-15(17)10-11-16-7-4-5-9-18(16)21/h2-11,20H,12-14H2,1H3/b11-10-. The lowest BCUT2D eigenvalue weighted by Crippen LogP contribution is -2.33. The lowest BCUT2D eigenvalue weighted by Gasteiger charge is -2.27. The van der Waals surface area contributed by atoms with Crippen molar-refractivity contribution in [2.24, 2.45) is 0 Å². The van der Waals surface area contributed by atoms with E-state index >= 15 is 0 Å². The number of carbonyl (C=O) groups is 1. The molecule has 3 heteroatoms. The van der Waals surface area contributed by atoms with E-state index in [4.69, 9.17) is 0 Å². The minimum atomic E-state index is 0.145. The zero-order valence-corrected chi connectivity index (χ0v) is 12.8. The highest BCUT2D eigenvalue weighted by Crippen LogP contribution is 2.29. The Morgan fingerprint density at radius 2 is 1.73 bits per heavy atom. The number of carbonyl (C=O) groups excluding carboxylic acids is 1. The fraction of sp³-hybridized carbons (Fsp3) is 0.211. The van der Waals surface area contributed by atoms with E-state index in [9.17, 15) is 4.79 Å². The number of anilines is 1. The summed E-state index contributed by atoms with van der Waals surface area (Å²) in [4.78, 5) is 14.6. The molecule has 3 rings (SSSR count). The Morgan fingerprint density at radius 3 is 2.55 bits per heavy atom. The number of nitrogens with one attached hydrogen (secondary N) is 1. The van der Waals surface area contributed by atoms with Crippen molar-refractivity contribution in [2.45, 2.75) is 13.0 Å². The van der Waals surface area contributed by atoms with Crippen molar-refractivity contribution in [1.82, 2.24) is 5.32 Å². The fourth-order valence-corrected chi connectivity index (χ4v) is 2.74. The van der Waals surface area contributed by atoms with Gasteiger partial charge in [0.1, 0.15) is 0 Å². The van der Waals surface area contributed by atoms with Crippen LogP contribution < -0.4 is 10.2 Å². The van der Waals surface area contributed by atoms with Crippen LogP contribution in [0.4, 0.5) is 5.69 Å². The lowest BCUT2D eigenvalue weighted by molar-refractivity contribution is -0.118. The Morgan fingerprint density at radius 1 is 1.05 bits per heavy atom. The third kappa shape index (κ3) is 2.95. The molecule has 0 spiro atoms. The van der Waals surface area contributed by atoms with Crippen molar-refractivity contribution >= 4 is 23.7 Å². The molecule has 0 aliphatic carbocycles. The molecule has 0 atom stereocenters. The Labute approximate surface area is 131 Å². The van der Waals surface area contributed by atoms with Gasteiger partial charge in [0.25, 0.3) is 0 Å². The van der Waals surface area contributed by atoms with E-state index in [0.717, 1.165) is 11.3 Å². The first-order valence-corrected chi connectivity index (χ1v) is 7.59. The van der Waals surface area contributed by atoms with Crippen LogP contribution in [0.25, 0.3) is 12.2 Å². The summed E-state index contributed by atoms with van der Waals surface area (Å²) in [6.07, 6.45) is 4.71. The normalized spacial score (nSPS) is 14.5. The molecule has 3 nitrogen and oxygen atoms in total. The topological polar surface area (TPSA) is 32.3 Å². The predicted octanol–water partition coefficient (Wildman–Crippen LogP) is 3.31. The van der Waals surface area contributed by atoms with Gasteiger partial charge < -0.3 is 10.2 Å². The zero-order chi connectivity index (χ0) is 15.4. The number of para-hydroxylation sites is 1. The molecule has 0 fully saturated rings. The quantitative estimate of drug-likeness (QED) is 0.941. The summed E-state index contributed by atoms with van der Waals surface area (Å²) in [7, 11) is 1.87. The summed E-state index contributed by atoms with van der Waals surface area (Å²) < 4.78 is 0. The molecule has 0 saturated heterocycles. The van der Waals surface area contributed by atoms with E-state index in [1.54, 1.807) is 0 Å². The van der Waals surface area contributed by atoms with Crippen molar-refractivity contribution in [1.29, 1.82) is 0 Å². The van der Waals surface area contributed by atoms with Gasteiger partial charge in [-0.2, -0.15) is 0 Å². The smallest absolute Gasteiger partial charge is 0.228 e. The molecule has 1 amide bonds. The molecule has 0 aromatic heterocycles. The monoisotopic (exact) mass is 292 g/mol. The van der Waals surface area contributed by atoms with Crippen LogP contribution in [0, 0.1) is 0 Å². The van der Waals surface area contributed by atoms with Crippen LogP contribution in [0.3, 0.4) is 0 Å². The Kier molecular flexibility index (Phi) is 4.35. The molecule has 112 valence electrons. The SMILES string of the molecule is CNCCC(=O)N1Cc2ccccc2/C=C\c2ccccc21. The highest BCUT2D eigenvalue weighted by atomic mass is 16.2. The largest absolute Gasteiger partial charge is 0.319 e. The van der Waals surface area contributed by atoms with Crippen molar-refractivity contribution in [3.63, 3.8) is 0 Å². The van der Waals surface area contributed by atoms with E-state index in [1.807, 2.05) is 42.3 Å². The molecule has 0 bridgehead atoms. The first kappa shape index (κ1) is 14.5. The second kappa shape index (κ2) is 6.58. The summed E-state index contributed by atoms with van der Waals surface area (Å²) in [5.74, 6) is 0.145. The summed E-state index contributed by atoms with van der Waals surface area (Å²) in [5.41, 5.74) is 4.40. The summed E-state index contributed by atoms with van der Waals surface area (Å²) in [6, 6.07) is 16.3. The summed E-state index contributed by atoms with van der Waals surface area (Å²) in [5, 5.41) is 3.05. The molecule has 0 unspecified atom stereocenters. The molecule has 2 aromatic carbocycles. The average molecular weight is 292 g/mol. The molecule has 1 aliphatic heterocycles. The number of nitrogens with zero attached hydrogens (tertiary/aromatic N) is 1. The zero-order valence-electron chi connectivity index (χ0n) is 12.8. The van der Waals surface area contributed by atoms with E-state index in [2.05, 4.69) is 35.7 Å². The lowest BCUT2D eigenvalue weighted by atomic mass is 10.0. The van der Waals surface area contributed by atoms with E-state index < -0.39 is 0 Å². The van der Waals surface area contributed by atoms with Gasteiger partial charge in [-0.05, 0) is 29.8 Å². The fourth-order valence-electron chi connectivity index (χ4n) is 2.74. The molecule has 2 aromatic rings.